The maximum absolute atomic E-state index is 3.86. The van der Waals surface area contributed by atoms with E-state index in [1.807, 2.05) is 18.3 Å². The maximum atomic E-state index is 3.86. The molecule has 0 atom stereocenters. The predicted octanol–water partition coefficient (Wildman–Crippen LogP) is 1.82. The molecule has 1 radical (unpaired) electrons. The number of halogens is 1. The molecule has 0 aromatic carbocycles. The molecule has 0 fully saturated rings. The van der Waals surface area contributed by atoms with Crippen LogP contribution in [0.2, 0.25) is 0 Å². The molecule has 0 aliphatic carbocycles. The second-order valence-electron chi connectivity index (χ2n) is 1.73. The van der Waals surface area contributed by atoms with Crippen molar-refractivity contribution in [3.63, 3.8) is 0 Å². The van der Waals surface area contributed by atoms with E-state index in [1.54, 1.807) is 0 Å². The Morgan fingerprint density at radius 3 is 3.11 bits per heavy atom. The Balaban J connectivity index is 2.61. The van der Waals surface area contributed by atoms with Gasteiger partial charge in [-0.1, -0.05) is 22.0 Å². The number of hydrogen-bond acceptors (Lipinski definition) is 1. The van der Waals surface area contributed by atoms with Gasteiger partial charge in [-0.05, 0) is 18.1 Å². The Labute approximate surface area is 63.2 Å². The zero-order valence-corrected chi connectivity index (χ0v) is 6.56. The van der Waals surface area contributed by atoms with Crippen LogP contribution in [0.4, 0.5) is 0 Å². The SMILES string of the molecule is BrCCc1cc[c]nc1. The first-order valence-electron chi connectivity index (χ1n) is 2.80. The van der Waals surface area contributed by atoms with E-state index in [0.29, 0.717) is 0 Å². The molecule has 0 amide bonds. The van der Waals surface area contributed by atoms with E-state index in [-0.39, 0.29) is 0 Å². The number of alkyl halides is 1. The van der Waals surface area contributed by atoms with E-state index in [1.165, 1.54) is 5.56 Å². The molecule has 1 heterocycles. The molecule has 1 rings (SSSR count). The lowest BCUT2D eigenvalue weighted by molar-refractivity contribution is 1.12. The summed E-state index contributed by atoms with van der Waals surface area (Å²) in [4.78, 5) is 3.86. The van der Waals surface area contributed by atoms with Crippen LogP contribution in [0.1, 0.15) is 5.56 Å². The highest BCUT2D eigenvalue weighted by molar-refractivity contribution is 9.09. The molecule has 0 saturated carbocycles. The van der Waals surface area contributed by atoms with E-state index >= 15 is 0 Å². The predicted molar refractivity (Wildman–Crippen MR) is 40.6 cm³/mol. The minimum absolute atomic E-state index is 0.999. The molecule has 9 heavy (non-hydrogen) atoms. The summed E-state index contributed by atoms with van der Waals surface area (Å²) < 4.78 is 0. The molecule has 1 nitrogen and oxygen atoms in total. The fourth-order valence-corrected chi connectivity index (χ4v) is 1.07. The van der Waals surface area contributed by atoms with Gasteiger partial charge in [-0.15, -0.1) is 0 Å². The third kappa shape index (κ3) is 2.14. The Morgan fingerprint density at radius 2 is 2.56 bits per heavy atom. The summed E-state index contributed by atoms with van der Waals surface area (Å²) >= 11 is 3.35. The number of pyridine rings is 1. The summed E-state index contributed by atoms with van der Waals surface area (Å²) in [5, 5.41) is 0.999. The summed E-state index contributed by atoms with van der Waals surface area (Å²) in [5.41, 5.74) is 1.26. The quantitative estimate of drug-likeness (QED) is 0.640. The Kier molecular flexibility index (Phi) is 2.71. The van der Waals surface area contributed by atoms with Crippen LogP contribution >= 0.6 is 15.9 Å². The first-order valence-corrected chi connectivity index (χ1v) is 3.92. The fourth-order valence-electron chi connectivity index (χ4n) is 0.608. The second kappa shape index (κ2) is 3.62. The van der Waals surface area contributed by atoms with Crippen molar-refractivity contribution < 1.29 is 0 Å². The third-order valence-electron chi connectivity index (χ3n) is 1.06. The van der Waals surface area contributed by atoms with Crippen molar-refractivity contribution in [2.24, 2.45) is 0 Å². The topological polar surface area (TPSA) is 12.9 Å². The molecular weight excluding hydrogens is 178 g/mol. The highest BCUT2D eigenvalue weighted by Gasteiger charge is 1.86. The second-order valence-corrected chi connectivity index (χ2v) is 2.53. The van der Waals surface area contributed by atoms with E-state index in [0.717, 1.165) is 11.8 Å². The molecule has 0 unspecified atom stereocenters. The van der Waals surface area contributed by atoms with Crippen molar-refractivity contribution in [2.45, 2.75) is 6.42 Å². The highest BCUT2D eigenvalue weighted by atomic mass is 79.9. The average molecular weight is 185 g/mol. The molecule has 0 aliphatic heterocycles. The number of rotatable bonds is 2. The van der Waals surface area contributed by atoms with Crippen LogP contribution in [0.15, 0.2) is 18.3 Å². The Hall–Kier alpha value is -0.370. The molecule has 1 aromatic rings. The summed E-state index contributed by atoms with van der Waals surface area (Å²) in [6, 6.07) is 3.85. The van der Waals surface area contributed by atoms with Crippen molar-refractivity contribution in [3.8, 4) is 0 Å². The minimum atomic E-state index is 0.999. The molecule has 2 heteroatoms. The maximum Gasteiger partial charge on any atom is 0.0886 e. The largest absolute Gasteiger partial charge is 0.254 e. The van der Waals surface area contributed by atoms with Crippen LogP contribution < -0.4 is 0 Å². The summed E-state index contributed by atoms with van der Waals surface area (Å²) in [6.07, 6.45) is 5.60. The summed E-state index contributed by atoms with van der Waals surface area (Å²) in [5.74, 6) is 0. The third-order valence-corrected chi connectivity index (χ3v) is 1.46. The molecule has 0 N–H and O–H groups in total. The molecule has 0 aliphatic rings. The average Bonchev–Trinajstić information content (AvgIpc) is 1.91. The van der Waals surface area contributed by atoms with E-state index < -0.39 is 0 Å². The first kappa shape index (κ1) is 6.75. The molecule has 47 valence electrons. The fraction of sp³-hybridized carbons (Fsp3) is 0.286. The van der Waals surface area contributed by atoms with Crippen molar-refractivity contribution in [2.75, 3.05) is 5.33 Å². The van der Waals surface area contributed by atoms with Crippen molar-refractivity contribution in [3.05, 3.63) is 30.1 Å². The molecule has 0 saturated heterocycles. The van der Waals surface area contributed by atoms with Gasteiger partial charge in [0.2, 0.25) is 0 Å². The number of aryl methyl sites for hydroxylation is 1. The molecule has 1 aromatic heterocycles. The van der Waals surface area contributed by atoms with Gasteiger partial charge >= 0.3 is 0 Å². The van der Waals surface area contributed by atoms with Gasteiger partial charge in [-0.25, -0.2) is 0 Å². The molecule has 0 bridgehead atoms. The number of hydrogen-bond donors (Lipinski definition) is 0. The van der Waals surface area contributed by atoms with Crippen LogP contribution in [-0.2, 0) is 6.42 Å². The normalized spacial score (nSPS) is 9.44. The van der Waals surface area contributed by atoms with Crippen LogP contribution in [-0.4, -0.2) is 10.3 Å². The van der Waals surface area contributed by atoms with Crippen LogP contribution in [0.3, 0.4) is 0 Å². The van der Waals surface area contributed by atoms with E-state index in [4.69, 9.17) is 0 Å². The molecular formula is C7H7BrN. The lowest BCUT2D eigenvalue weighted by Crippen LogP contribution is -1.84. The summed E-state index contributed by atoms with van der Waals surface area (Å²) in [7, 11) is 0. The molecule has 0 spiro atoms. The van der Waals surface area contributed by atoms with Gasteiger partial charge in [-0.3, -0.25) is 4.98 Å². The standard InChI is InChI=1S/C7H7BrN/c8-4-3-7-2-1-5-9-6-7/h1-2,6H,3-4H2. The number of aromatic nitrogens is 1. The van der Waals surface area contributed by atoms with Gasteiger partial charge in [0, 0.05) is 11.5 Å². The van der Waals surface area contributed by atoms with Crippen molar-refractivity contribution in [1.29, 1.82) is 0 Å². The van der Waals surface area contributed by atoms with Crippen LogP contribution in [0.5, 0.6) is 0 Å². The monoisotopic (exact) mass is 184 g/mol. The zero-order valence-electron chi connectivity index (χ0n) is 4.97. The summed E-state index contributed by atoms with van der Waals surface area (Å²) in [6.45, 7) is 0. The van der Waals surface area contributed by atoms with Crippen LogP contribution in [0.25, 0.3) is 0 Å². The smallest absolute Gasteiger partial charge is 0.0886 e. The Morgan fingerprint density at radius 1 is 1.67 bits per heavy atom. The van der Waals surface area contributed by atoms with Crippen molar-refractivity contribution >= 4 is 15.9 Å². The van der Waals surface area contributed by atoms with Gasteiger partial charge in [0.1, 0.15) is 0 Å². The van der Waals surface area contributed by atoms with Gasteiger partial charge < -0.3 is 0 Å². The minimum Gasteiger partial charge on any atom is -0.254 e. The van der Waals surface area contributed by atoms with Crippen LogP contribution in [0, 0.1) is 6.20 Å². The van der Waals surface area contributed by atoms with Crippen molar-refractivity contribution in [1.82, 2.24) is 4.98 Å². The highest BCUT2D eigenvalue weighted by Crippen LogP contribution is 1.97. The zero-order chi connectivity index (χ0) is 6.53. The first-order chi connectivity index (χ1) is 4.43. The van der Waals surface area contributed by atoms with E-state index in [9.17, 15) is 0 Å². The van der Waals surface area contributed by atoms with Gasteiger partial charge in [-0.2, -0.15) is 0 Å². The Bertz CT molecular complexity index is 162. The lowest BCUT2D eigenvalue weighted by Gasteiger charge is -1.91. The van der Waals surface area contributed by atoms with Gasteiger partial charge in [0.05, 0.1) is 6.20 Å². The van der Waals surface area contributed by atoms with Gasteiger partial charge in [0.25, 0.3) is 0 Å². The van der Waals surface area contributed by atoms with E-state index in [2.05, 4.69) is 27.1 Å². The van der Waals surface area contributed by atoms with Gasteiger partial charge in [0.15, 0.2) is 0 Å². The number of nitrogens with zero attached hydrogens (tertiary/aromatic N) is 1. The lowest BCUT2D eigenvalue weighted by atomic mass is 10.2.